The molecule has 0 saturated heterocycles. The fraction of sp³-hybridized carbons (Fsp3) is 0.300. The van der Waals surface area contributed by atoms with Gasteiger partial charge in [0.2, 0.25) is 10.0 Å². The molecule has 3 rings (SSSR count). The van der Waals surface area contributed by atoms with Gasteiger partial charge in [0.1, 0.15) is 6.67 Å². The summed E-state index contributed by atoms with van der Waals surface area (Å²) >= 11 is 6.34. The highest BCUT2D eigenvalue weighted by Gasteiger charge is 2.20. The van der Waals surface area contributed by atoms with Gasteiger partial charge in [-0.05, 0) is 41.3 Å². The van der Waals surface area contributed by atoms with Gasteiger partial charge in [0.25, 0.3) is 0 Å². The number of benzene rings is 1. The van der Waals surface area contributed by atoms with Gasteiger partial charge >= 0.3 is 6.03 Å². The van der Waals surface area contributed by atoms with Crippen molar-refractivity contribution in [1.29, 1.82) is 0 Å². The Morgan fingerprint density at radius 1 is 1.27 bits per heavy atom. The summed E-state index contributed by atoms with van der Waals surface area (Å²) in [5.41, 5.74) is 3.38. The Hall–Kier alpha value is -2.49. The third-order valence-corrected chi connectivity index (χ3v) is 5.55. The van der Waals surface area contributed by atoms with Gasteiger partial charge in [-0.15, -0.1) is 0 Å². The summed E-state index contributed by atoms with van der Waals surface area (Å²) in [6, 6.07) is 8.05. The zero-order chi connectivity index (χ0) is 21.7. The lowest BCUT2D eigenvalue weighted by molar-refractivity contribution is 0.217. The maximum absolute atomic E-state index is 12.6. The number of carbonyl (C=O) groups is 1. The lowest BCUT2D eigenvalue weighted by atomic mass is 10.0. The number of anilines is 1. The van der Waals surface area contributed by atoms with E-state index >= 15 is 0 Å². The fourth-order valence-corrected chi connectivity index (χ4v) is 3.71. The van der Waals surface area contributed by atoms with E-state index in [1.807, 2.05) is 6.08 Å². The molecule has 0 fully saturated rings. The molecule has 1 aliphatic heterocycles. The molecule has 0 saturated carbocycles. The van der Waals surface area contributed by atoms with Gasteiger partial charge in [0.15, 0.2) is 0 Å². The van der Waals surface area contributed by atoms with Crippen molar-refractivity contribution in [3.8, 4) is 0 Å². The van der Waals surface area contributed by atoms with Gasteiger partial charge in [-0.2, -0.15) is 0 Å². The van der Waals surface area contributed by atoms with Crippen molar-refractivity contribution in [2.45, 2.75) is 19.6 Å². The van der Waals surface area contributed by atoms with Gasteiger partial charge < -0.3 is 10.2 Å². The number of hydrogen-bond acceptors (Lipinski definition) is 4. The first-order valence-corrected chi connectivity index (χ1v) is 11.5. The molecule has 2 amide bonds. The van der Waals surface area contributed by atoms with E-state index in [0.717, 1.165) is 11.8 Å². The maximum atomic E-state index is 12.6. The molecule has 0 unspecified atom stereocenters. The standard InChI is InChI=1S/C20H22ClFN4O3S/c1-30(28,29)24-13-15-10-18(21)19(23-12-15)16-6-8-26(9-7-16)20(27)25-17-4-2-14(11-22)3-5-17/h2-6,10,12,24H,7-9,11,13H2,1H3,(H,25,27). The van der Waals surface area contributed by atoms with Crippen molar-refractivity contribution in [1.82, 2.24) is 14.6 Å². The van der Waals surface area contributed by atoms with Crippen molar-refractivity contribution in [3.63, 3.8) is 0 Å². The molecule has 1 aromatic heterocycles. The van der Waals surface area contributed by atoms with Gasteiger partial charge in [-0.3, -0.25) is 4.98 Å². The van der Waals surface area contributed by atoms with Crippen molar-refractivity contribution in [2.75, 3.05) is 24.7 Å². The molecule has 2 heterocycles. The smallest absolute Gasteiger partial charge is 0.320 e. The van der Waals surface area contributed by atoms with Crippen LogP contribution in [0.1, 0.15) is 23.2 Å². The fourth-order valence-electron chi connectivity index (χ4n) is 2.97. The molecule has 30 heavy (non-hydrogen) atoms. The predicted molar refractivity (Wildman–Crippen MR) is 115 cm³/mol. The van der Waals surface area contributed by atoms with Crippen LogP contribution in [0.4, 0.5) is 14.9 Å². The zero-order valence-electron chi connectivity index (χ0n) is 16.4. The number of alkyl halides is 1. The van der Waals surface area contributed by atoms with Crippen LogP contribution in [-0.2, 0) is 23.2 Å². The molecular formula is C20H22ClFN4O3S. The van der Waals surface area contributed by atoms with Crippen LogP contribution in [0.25, 0.3) is 5.57 Å². The van der Waals surface area contributed by atoms with Gasteiger partial charge in [-0.25, -0.2) is 22.3 Å². The number of carbonyl (C=O) groups excluding carboxylic acids is 1. The summed E-state index contributed by atoms with van der Waals surface area (Å²) in [5, 5.41) is 3.23. The number of nitrogens with zero attached hydrogens (tertiary/aromatic N) is 2. The minimum absolute atomic E-state index is 0.116. The lowest BCUT2D eigenvalue weighted by Gasteiger charge is -2.27. The summed E-state index contributed by atoms with van der Waals surface area (Å²) in [7, 11) is -3.30. The number of urea groups is 1. The van der Waals surface area contributed by atoms with Crippen LogP contribution in [-0.4, -0.2) is 43.7 Å². The molecule has 2 N–H and O–H groups in total. The molecule has 160 valence electrons. The third kappa shape index (κ3) is 6.01. The minimum Gasteiger partial charge on any atom is -0.320 e. The molecule has 10 heteroatoms. The highest BCUT2D eigenvalue weighted by atomic mass is 35.5. The summed E-state index contributed by atoms with van der Waals surface area (Å²) < 4.78 is 37.4. The van der Waals surface area contributed by atoms with Crippen LogP contribution < -0.4 is 10.0 Å². The van der Waals surface area contributed by atoms with E-state index in [-0.39, 0.29) is 12.6 Å². The van der Waals surface area contributed by atoms with Crippen molar-refractivity contribution in [3.05, 3.63) is 64.4 Å². The Labute approximate surface area is 180 Å². The average molecular weight is 453 g/mol. The zero-order valence-corrected chi connectivity index (χ0v) is 17.9. The van der Waals surface area contributed by atoms with E-state index in [4.69, 9.17) is 11.6 Å². The van der Waals surface area contributed by atoms with E-state index in [0.29, 0.717) is 47.0 Å². The summed E-state index contributed by atoms with van der Waals surface area (Å²) in [5.74, 6) is 0. The Bertz CT molecular complexity index is 1060. The second-order valence-electron chi connectivity index (χ2n) is 6.95. The number of rotatable bonds is 6. The summed E-state index contributed by atoms with van der Waals surface area (Å²) in [4.78, 5) is 18.5. The van der Waals surface area contributed by atoms with Crippen molar-refractivity contribution in [2.24, 2.45) is 0 Å². The number of nitrogens with one attached hydrogen (secondary N) is 2. The molecule has 0 atom stereocenters. The summed E-state index contributed by atoms with van der Waals surface area (Å²) in [6.07, 6.45) is 5.16. The molecule has 0 spiro atoms. The number of hydrogen-bond donors (Lipinski definition) is 2. The van der Waals surface area contributed by atoms with E-state index < -0.39 is 16.7 Å². The van der Waals surface area contributed by atoms with Gasteiger partial charge in [-0.1, -0.05) is 29.8 Å². The molecule has 1 aliphatic rings. The Balaban J connectivity index is 1.61. The third-order valence-electron chi connectivity index (χ3n) is 4.60. The average Bonchev–Trinajstić information content (AvgIpc) is 2.72. The van der Waals surface area contributed by atoms with Gasteiger partial charge in [0.05, 0.1) is 17.0 Å². The summed E-state index contributed by atoms with van der Waals surface area (Å²) in [6.45, 7) is 0.472. The SMILES string of the molecule is CS(=O)(=O)NCc1cnc(C2=CCN(C(=O)Nc3ccc(CF)cc3)CC2)c(Cl)c1. The Kier molecular flexibility index (Phi) is 7.06. The monoisotopic (exact) mass is 452 g/mol. The molecule has 0 aliphatic carbocycles. The second kappa shape index (κ2) is 9.55. The van der Waals surface area contributed by atoms with Crippen LogP contribution in [0.3, 0.4) is 0 Å². The number of sulfonamides is 1. The molecule has 0 radical (unpaired) electrons. The molecular weight excluding hydrogens is 431 g/mol. The van der Waals surface area contributed by atoms with E-state index in [1.165, 1.54) is 0 Å². The van der Waals surface area contributed by atoms with Crippen molar-refractivity contribution < 1.29 is 17.6 Å². The van der Waals surface area contributed by atoms with Crippen LogP contribution in [0.15, 0.2) is 42.6 Å². The van der Waals surface area contributed by atoms with Gasteiger partial charge in [0, 0.05) is 31.5 Å². The van der Waals surface area contributed by atoms with E-state index in [1.54, 1.807) is 41.4 Å². The number of amides is 2. The highest BCUT2D eigenvalue weighted by molar-refractivity contribution is 7.88. The first kappa shape index (κ1) is 22.2. The lowest BCUT2D eigenvalue weighted by Crippen LogP contribution is -2.38. The van der Waals surface area contributed by atoms with E-state index in [2.05, 4.69) is 15.0 Å². The molecule has 1 aromatic carbocycles. The first-order valence-electron chi connectivity index (χ1n) is 9.24. The number of pyridine rings is 1. The van der Waals surface area contributed by atoms with E-state index in [9.17, 15) is 17.6 Å². The van der Waals surface area contributed by atoms with Crippen LogP contribution in [0.5, 0.6) is 0 Å². The predicted octanol–water partition coefficient (Wildman–Crippen LogP) is 3.57. The highest BCUT2D eigenvalue weighted by Crippen LogP contribution is 2.27. The molecule has 0 bridgehead atoms. The van der Waals surface area contributed by atoms with Crippen LogP contribution in [0, 0.1) is 0 Å². The Morgan fingerprint density at radius 3 is 2.57 bits per heavy atom. The maximum Gasteiger partial charge on any atom is 0.322 e. The minimum atomic E-state index is -3.30. The van der Waals surface area contributed by atoms with Crippen LogP contribution in [0.2, 0.25) is 5.02 Å². The molecule has 7 nitrogen and oxygen atoms in total. The topological polar surface area (TPSA) is 91.4 Å². The number of aromatic nitrogens is 1. The Morgan fingerprint density at radius 2 is 2.00 bits per heavy atom. The number of halogens is 2. The van der Waals surface area contributed by atoms with Crippen molar-refractivity contribution >= 4 is 38.9 Å². The van der Waals surface area contributed by atoms with Crippen LogP contribution >= 0.6 is 11.6 Å². The molecule has 2 aromatic rings. The normalized spacial score (nSPS) is 14.4. The quantitative estimate of drug-likeness (QED) is 0.700. The largest absolute Gasteiger partial charge is 0.322 e. The first-order chi connectivity index (χ1) is 14.2. The second-order valence-corrected chi connectivity index (χ2v) is 9.19.